The van der Waals surface area contributed by atoms with Gasteiger partial charge in [-0.05, 0) is 13.8 Å². The molecule has 0 amide bonds. The Morgan fingerprint density at radius 2 is 2.00 bits per heavy atom. The van der Waals surface area contributed by atoms with Crippen LogP contribution in [0.2, 0.25) is 0 Å². The summed E-state index contributed by atoms with van der Waals surface area (Å²) in [5.74, 6) is 0.861. The fourth-order valence-electron chi connectivity index (χ4n) is 1.03. The molecule has 0 aliphatic heterocycles. The third-order valence-corrected chi connectivity index (χ3v) is 1.42. The minimum atomic E-state index is 0.545. The van der Waals surface area contributed by atoms with Crippen LogP contribution in [-0.4, -0.2) is 11.6 Å². The summed E-state index contributed by atoms with van der Waals surface area (Å²) in [6, 6.07) is 3.83. The Hall–Kier alpha value is -1.31. The van der Waals surface area contributed by atoms with Crippen LogP contribution in [0.4, 0.5) is 0 Å². The molecule has 0 radical (unpaired) electrons. The predicted octanol–water partition coefficient (Wildman–Crippen LogP) is 2.26. The molecule has 12 heavy (non-hydrogen) atoms. The molecule has 0 N–H and O–H groups in total. The van der Waals surface area contributed by atoms with Crippen LogP contribution in [0.1, 0.15) is 11.4 Å². The van der Waals surface area contributed by atoms with Gasteiger partial charge in [-0.25, -0.2) is 0 Å². The van der Waals surface area contributed by atoms with Gasteiger partial charge in [-0.2, -0.15) is 0 Å². The van der Waals surface area contributed by atoms with E-state index in [1.165, 1.54) is 0 Å². The van der Waals surface area contributed by atoms with Crippen molar-refractivity contribution in [2.75, 3.05) is 6.61 Å². The molecule has 0 bridgehead atoms. The number of pyridine rings is 1. The molecule has 0 atom stereocenters. The first-order valence-corrected chi connectivity index (χ1v) is 3.91. The van der Waals surface area contributed by atoms with E-state index in [1.807, 2.05) is 26.0 Å². The highest BCUT2D eigenvalue weighted by atomic mass is 16.5. The monoisotopic (exact) mass is 163 g/mol. The van der Waals surface area contributed by atoms with Crippen molar-refractivity contribution in [1.82, 2.24) is 4.98 Å². The Morgan fingerprint density at radius 3 is 2.50 bits per heavy atom. The molecular weight excluding hydrogens is 150 g/mol. The van der Waals surface area contributed by atoms with E-state index in [0.717, 1.165) is 17.1 Å². The molecule has 2 heteroatoms. The van der Waals surface area contributed by atoms with E-state index in [4.69, 9.17) is 4.74 Å². The van der Waals surface area contributed by atoms with Crippen LogP contribution >= 0.6 is 0 Å². The smallest absolute Gasteiger partial charge is 0.123 e. The Bertz CT molecular complexity index is 261. The largest absolute Gasteiger partial charge is 0.489 e. The first-order valence-electron chi connectivity index (χ1n) is 3.91. The van der Waals surface area contributed by atoms with Crippen molar-refractivity contribution in [3.63, 3.8) is 0 Å². The van der Waals surface area contributed by atoms with Gasteiger partial charge < -0.3 is 4.74 Å². The van der Waals surface area contributed by atoms with Crippen molar-refractivity contribution in [3.05, 3.63) is 36.2 Å². The first kappa shape index (κ1) is 8.78. The number of ether oxygens (including phenoxy) is 1. The van der Waals surface area contributed by atoms with Crippen molar-refractivity contribution < 1.29 is 4.74 Å². The van der Waals surface area contributed by atoms with Gasteiger partial charge in [0, 0.05) is 23.5 Å². The highest BCUT2D eigenvalue weighted by Gasteiger charge is 1.95. The molecule has 0 saturated heterocycles. The molecule has 2 nitrogen and oxygen atoms in total. The Balaban J connectivity index is 2.78. The number of rotatable bonds is 3. The summed E-state index contributed by atoms with van der Waals surface area (Å²) in [6.45, 7) is 8.03. The minimum Gasteiger partial charge on any atom is -0.489 e. The van der Waals surface area contributed by atoms with E-state index in [1.54, 1.807) is 6.08 Å². The topological polar surface area (TPSA) is 22.1 Å². The maximum absolute atomic E-state index is 5.36. The van der Waals surface area contributed by atoms with Crippen LogP contribution < -0.4 is 4.74 Å². The van der Waals surface area contributed by atoms with Gasteiger partial charge >= 0.3 is 0 Å². The van der Waals surface area contributed by atoms with Crippen molar-refractivity contribution in [1.29, 1.82) is 0 Å². The number of aryl methyl sites for hydroxylation is 2. The van der Waals surface area contributed by atoms with Crippen LogP contribution in [0.5, 0.6) is 5.75 Å². The van der Waals surface area contributed by atoms with Crippen molar-refractivity contribution >= 4 is 0 Å². The summed E-state index contributed by atoms with van der Waals surface area (Å²) >= 11 is 0. The normalized spacial score (nSPS) is 9.50. The van der Waals surface area contributed by atoms with E-state index in [2.05, 4.69) is 11.6 Å². The van der Waals surface area contributed by atoms with Gasteiger partial charge in [-0.3, -0.25) is 4.98 Å². The second kappa shape index (κ2) is 3.90. The zero-order valence-electron chi connectivity index (χ0n) is 7.50. The van der Waals surface area contributed by atoms with Gasteiger partial charge in [0.15, 0.2) is 0 Å². The fourth-order valence-corrected chi connectivity index (χ4v) is 1.03. The lowest BCUT2D eigenvalue weighted by atomic mass is 10.3. The number of hydrogen-bond acceptors (Lipinski definition) is 2. The van der Waals surface area contributed by atoms with Crippen LogP contribution in [0.25, 0.3) is 0 Å². The van der Waals surface area contributed by atoms with Gasteiger partial charge in [0.1, 0.15) is 12.4 Å². The van der Waals surface area contributed by atoms with Crippen molar-refractivity contribution in [3.8, 4) is 5.75 Å². The molecule has 0 spiro atoms. The van der Waals surface area contributed by atoms with Gasteiger partial charge in [0.25, 0.3) is 0 Å². The first-order chi connectivity index (χ1) is 5.72. The lowest BCUT2D eigenvalue weighted by Gasteiger charge is -2.04. The molecule has 1 aromatic rings. The SMILES string of the molecule is C=CCOc1cc(C)nc(C)c1. The summed E-state index contributed by atoms with van der Waals surface area (Å²) in [5, 5.41) is 0. The number of nitrogens with zero attached hydrogens (tertiary/aromatic N) is 1. The molecule has 0 aromatic carbocycles. The number of aromatic nitrogens is 1. The Labute approximate surface area is 72.9 Å². The van der Waals surface area contributed by atoms with Crippen molar-refractivity contribution in [2.45, 2.75) is 13.8 Å². The second-order valence-electron chi connectivity index (χ2n) is 2.69. The Kier molecular flexibility index (Phi) is 2.86. The van der Waals surface area contributed by atoms with E-state index in [0.29, 0.717) is 6.61 Å². The summed E-state index contributed by atoms with van der Waals surface area (Å²) < 4.78 is 5.36. The van der Waals surface area contributed by atoms with Gasteiger partial charge in [-0.1, -0.05) is 12.7 Å². The maximum Gasteiger partial charge on any atom is 0.123 e. The standard InChI is InChI=1S/C10H13NO/c1-4-5-12-10-6-8(2)11-9(3)7-10/h4,6-7H,1,5H2,2-3H3. The van der Waals surface area contributed by atoms with E-state index in [9.17, 15) is 0 Å². The molecule has 1 heterocycles. The van der Waals surface area contributed by atoms with Gasteiger partial charge in [0.2, 0.25) is 0 Å². The lowest BCUT2D eigenvalue weighted by Crippen LogP contribution is -1.95. The third-order valence-electron chi connectivity index (χ3n) is 1.42. The fraction of sp³-hybridized carbons (Fsp3) is 0.300. The molecule has 1 rings (SSSR count). The quantitative estimate of drug-likeness (QED) is 0.638. The van der Waals surface area contributed by atoms with Crippen LogP contribution in [-0.2, 0) is 0 Å². The Morgan fingerprint density at radius 1 is 1.42 bits per heavy atom. The zero-order valence-corrected chi connectivity index (χ0v) is 7.50. The minimum absolute atomic E-state index is 0.545. The van der Waals surface area contributed by atoms with E-state index >= 15 is 0 Å². The summed E-state index contributed by atoms with van der Waals surface area (Å²) in [7, 11) is 0. The number of hydrogen-bond donors (Lipinski definition) is 0. The van der Waals surface area contributed by atoms with Gasteiger partial charge in [0.05, 0.1) is 0 Å². The van der Waals surface area contributed by atoms with E-state index in [-0.39, 0.29) is 0 Å². The maximum atomic E-state index is 5.36. The predicted molar refractivity (Wildman–Crippen MR) is 49.4 cm³/mol. The zero-order chi connectivity index (χ0) is 8.97. The average Bonchev–Trinajstić information content (AvgIpc) is 1.99. The van der Waals surface area contributed by atoms with E-state index < -0.39 is 0 Å². The average molecular weight is 163 g/mol. The highest BCUT2D eigenvalue weighted by Crippen LogP contribution is 2.12. The van der Waals surface area contributed by atoms with Crippen LogP contribution in [0.15, 0.2) is 24.8 Å². The van der Waals surface area contributed by atoms with Gasteiger partial charge in [-0.15, -0.1) is 0 Å². The molecule has 0 aliphatic rings. The lowest BCUT2D eigenvalue weighted by molar-refractivity contribution is 0.362. The molecule has 0 saturated carbocycles. The van der Waals surface area contributed by atoms with Crippen LogP contribution in [0.3, 0.4) is 0 Å². The summed E-state index contributed by atoms with van der Waals surface area (Å²) in [4.78, 5) is 4.24. The molecular formula is C10H13NO. The van der Waals surface area contributed by atoms with Crippen LogP contribution in [0, 0.1) is 13.8 Å². The highest BCUT2D eigenvalue weighted by molar-refractivity contribution is 5.26. The molecule has 64 valence electrons. The molecule has 0 aliphatic carbocycles. The second-order valence-corrected chi connectivity index (χ2v) is 2.69. The summed E-state index contributed by atoms with van der Waals surface area (Å²) in [6.07, 6.45) is 1.73. The van der Waals surface area contributed by atoms with Crippen molar-refractivity contribution in [2.24, 2.45) is 0 Å². The molecule has 0 unspecified atom stereocenters. The summed E-state index contributed by atoms with van der Waals surface area (Å²) in [5.41, 5.74) is 1.96. The molecule has 0 fully saturated rings. The molecule has 1 aromatic heterocycles. The third kappa shape index (κ3) is 2.38.